The molecule has 0 fully saturated rings. The minimum absolute atomic E-state index is 0.105. The van der Waals surface area contributed by atoms with E-state index >= 15 is 0 Å². The van der Waals surface area contributed by atoms with Gasteiger partial charge in [0.15, 0.2) is 0 Å². The highest BCUT2D eigenvalue weighted by atomic mass is 35.5. The maximum Gasteiger partial charge on any atom is 0.331 e. The van der Waals surface area contributed by atoms with Gasteiger partial charge in [0.05, 0.1) is 12.3 Å². The first-order chi connectivity index (χ1) is 14.1. The van der Waals surface area contributed by atoms with Gasteiger partial charge in [-0.1, -0.05) is 29.8 Å². The van der Waals surface area contributed by atoms with Crippen LogP contribution in [0, 0.1) is 0 Å². The monoisotopic (exact) mass is 429 g/mol. The molecule has 0 saturated carbocycles. The van der Waals surface area contributed by atoms with Gasteiger partial charge >= 0.3 is 5.97 Å². The van der Waals surface area contributed by atoms with E-state index in [0.29, 0.717) is 23.9 Å². The van der Waals surface area contributed by atoms with Gasteiger partial charge in [0, 0.05) is 22.0 Å². The largest absolute Gasteiger partial charge is 0.493 e. The minimum Gasteiger partial charge on any atom is -0.493 e. The fourth-order valence-electron chi connectivity index (χ4n) is 2.41. The van der Waals surface area contributed by atoms with Crippen molar-refractivity contribution in [2.45, 2.75) is 20.1 Å². The van der Waals surface area contributed by atoms with Crippen LogP contribution in [0.25, 0.3) is 6.08 Å². The fourth-order valence-corrected chi connectivity index (χ4v) is 3.23. The summed E-state index contributed by atoms with van der Waals surface area (Å²) in [5, 5.41) is 3.31. The topological polar surface area (TPSA) is 57.7 Å². The first kappa shape index (κ1) is 20.9. The molecule has 7 heteroatoms. The van der Waals surface area contributed by atoms with Gasteiger partial charge in [0.1, 0.15) is 29.7 Å². The number of hydrogen-bond donors (Lipinski definition) is 0. The van der Waals surface area contributed by atoms with Gasteiger partial charge in [0.25, 0.3) is 0 Å². The molecule has 3 rings (SSSR count). The summed E-state index contributed by atoms with van der Waals surface area (Å²) in [6.45, 7) is 2.92. The summed E-state index contributed by atoms with van der Waals surface area (Å²) in [6, 6.07) is 14.6. The Labute approximate surface area is 178 Å². The van der Waals surface area contributed by atoms with Crippen molar-refractivity contribution in [2.75, 3.05) is 6.61 Å². The average Bonchev–Trinajstić information content (AvgIpc) is 3.19. The quantitative estimate of drug-likeness (QED) is 0.330. The van der Waals surface area contributed by atoms with Gasteiger partial charge in [0.2, 0.25) is 0 Å². The van der Waals surface area contributed by atoms with Crippen LogP contribution in [-0.4, -0.2) is 17.6 Å². The number of esters is 1. The maximum atomic E-state index is 12.0. The molecule has 150 valence electrons. The highest BCUT2D eigenvalue weighted by Crippen LogP contribution is 2.20. The number of para-hydroxylation sites is 1. The normalized spacial score (nSPS) is 10.8. The van der Waals surface area contributed by atoms with Gasteiger partial charge in [-0.15, -0.1) is 11.3 Å². The van der Waals surface area contributed by atoms with Crippen LogP contribution in [0.3, 0.4) is 0 Å². The number of rotatable bonds is 9. The summed E-state index contributed by atoms with van der Waals surface area (Å²) in [4.78, 5) is 16.4. The molecule has 5 nitrogen and oxygen atoms in total. The lowest BCUT2D eigenvalue weighted by atomic mass is 10.2. The molecule has 0 unspecified atom stereocenters. The molecule has 0 aliphatic heterocycles. The molecule has 0 aliphatic rings. The average molecular weight is 430 g/mol. The molecule has 0 saturated heterocycles. The van der Waals surface area contributed by atoms with Crippen molar-refractivity contribution in [1.29, 1.82) is 0 Å². The number of ether oxygens (including phenoxy) is 3. The summed E-state index contributed by atoms with van der Waals surface area (Å²) >= 11 is 7.31. The molecule has 1 heterocycles. The zero-order valence-corrected chi connectivity index (χ0v) is 17.4. The molecule has 29 heavy (non-hydrogen) atoms. The van der Waals surface area contributed by atoms with Crippen LogP contribution >= 0.6 is 22.9 Å². The highest BCUT2D eigenvalue weighted by Gasteiger charge is 2.06. The minimum atomic E-state index is -0.441. The molecule has 0 spiro atoms. The second-order valence-corrected chi connectivity index (χ2v) is 7.27. The summed E-state index contributed by atoms with van der Waals surface area (Å²) < 4.78 is 16.5. The Kier molecular flexibility index (Phi) is 7.67. The Morgan fingerprint density at radius 3 is 2.69 bits per heavy atom. The van der Waals surface area contributed by atoms with E-state index in [0.717, 1.165) is 22.1 Å². The molecule has 0 amide bonds. The van der Waals surface area contributed by atoms with E-state index in [4.69, 9.17) is 25.8 Å². The smallest absolute Gasteiger partial charge is 0.331 e. The first-order valence-corrected chi connectivity index (χ1v) is 10.3. The predicted molar refractivity (Wildman–Crippen MR) is 114 cm³/mol. The number of halogens is 1. The number of benzene rings is 2. The van der Waals surface area contributed by atoms with Crippen molar-refractivity contribution < 1.29 is 19.0 Å². The van der Waals surface area contributed by atoms with Crippen molar-refractivity contribution in [2.24, 2.45) is 0 Å². The Balaban J connectivity index is 1.47. The van der Waals surface area contributed by atoms with Crippen LogP contribution in [0.4, 0.5) is 0 Å². The Hall–Kier alpha value is -2.83. The number of thiazole rings is 1. The molecule has 1 aromatic heterocycles. The molecule has 0 aliphatic carbocycles. The van der Waals surface area contributed by atoms with Crippen LogP contribution in [0.2, 0.25) is 5.02 Å². The SMILES string of the molecule is CCOc1ccccc1/C=C/C(=O)OCc1csc(COc2ccc(Cl)cc2)n1. The summed E-state index contributed by atoms with van der Waals surface area (Å²) in [6.07, 6.45) is 3.06. The van der Waals surface area contributed by atoms with E-state index in [1.807, 2.05) is 36.6 Å². The zero-order chi connectivity index (χ0) is 20.5. The van der Waals surface area contributed by atoms with Crippen LogP contribution < -0.4 is 9.47 Å². The summed E-state index contributed by atoms with van der Waals surface area (Å²) in [5.41, 5.74) is 1.50. The first-order valence-electron chi connectivity index (χ1n) is 9.02. The Morgan fingerprint density at radius 1 is 1.10 bits per heavy atom. The van der Waals surface area contributed by atoms with E-state index < -0.39 is 5.97 Å². The lowest BCUT2D eigenvalue weighted by Gasteiger charge is -2.06. The lowest BCUT2D eigenvalue weighted by Crippen LogP contribution is -2.02. The van der Waals surface area contributed by atoms with Crippen molar-refractivity contribution in [1.82, 2.24) is 4.98 Å². The Morgan fingerprint density at radius 2 is 1.90 bits per heavy atom. The molecule has 2 aromatic carbocycles. The number of nitrogens with zero attached hydrogens (tertiary/aromatic N) is 1. The zero-order valence-electron chi connectivity index (χ0n) is 15.8. The van der Waals surface area contributed by atoms with Crippen molar-refractivity contribution >= 4 is 35.0 Å². The van der Waals surface area contributed by atoms with Gasteiger partial charge < -0.3 is 14.2 Å². The summed E-state index contributed by atoms with van der Waals surface area (Å²) in [7, 11) is 0. The highest BCUT2D eigenvalue weighted by molar-refractivity contribution is 7.09. The molecule has 3 aromatic rings. The lowest BCUT2D eigenvalue weighted by molar-refractivity contribution is -0.139. The van der Waals surface area contributed by atoms with E-state index in [1.165, 1.54) is 17.4 Å². The van der Waals surface area contributed by atoms with E-state index in [2.05, 4.69) is 4.98 Å². The van der Waals surface area contributed by atoms with Gasteiger partial charge in [-0.2, -0.15) is 0 Å². The molecule has 0 N–H and O–H groups in total. The van der Waals surface area contributed by atoms with Gasteiger partial charge in [-0.25, -0.2) is 9.78 Å². The van der Waals surface area contributed by atoms with Crippen LogP contribution in [0.5, 0.6) is 11.5 Å². The molecular weight excluding hydrogens is 410 g/mol. The standard InChI is InChI=1S/C22H20ClNO4S/c1-2-26-20-6-4-3-5-16(20)7-12-22(25)28-13-18-15-29-21(24-18)14-27-19-10-8-17(23)9-11-19/h3-12,15H,2,13-14H2,1H3/b12-7+. The third-order valence-electron chi connectivity index (χ3n) is 3.76. The fraction of sp³-hybridized carbons (Fsp3) is 0.182. The predicted octanol–water partition coefficient (Wildman–Crippen LogP) is 5.53. The third kappa shape index (κ3) is 6.62. The van der Waals surface area contributed by atoms with E-state index in [-0.39, 0.29) is 6.61 Å². The second kappa shape index (κ2) is 10.6. The van der Waals surface area contributed by atoms with Gasteiger partial charge in [-0.05, 0) is 43.3 Å². The van der Waals surface area contributed by atoms with Gasteiger partial charge in [-0.3, -0.25) is 0 Å². The third-order valence-corrected chi connectivity index (χ3v) is 4.88. The second-order valence-electron chi connectivity index (χ2n) is 5.89. The molecule has 0 atom stereocenters. The Bertz CT molecular complexity index is 969. The van der Waals surface area contributed by atoms with Crippen molar-refractivity contribution in [3.63, 3.8) is 0 Å². The van der Waals surface area contributed by atoms with Crippen LogP contribution in [0.15, 0.2) is 60.0 Å². The maximum absolute atomic E-state index is 12.0. The number of carbonyl (C=O) groups is 1. The van der Waals surface area contributed by atoms with Crippen molar-refractivity contribution in [3.05, 3.63) is 81.3 Å². The molecule has 0 bridgehead atoms. The molecule has 0 radical (unpaired) electrons. The summed E-state index contributed by atoms with van der Waals surface area (Å²) in [5.74, 6) is 1.00. The van der Waals surface area contributed by atoms with E-state index in [1.54, 1.807) is 30.3 Å². The molecular formula is C22H20ClNO4S. The van der Waals surface area contributed by atoms with E-state index in [9.17, 15) is 4.79 Å². The number of carbonyl (C=O) groups excluding carboxylic acids is 1. The van der Waals surface area contributed by atoms with Crippen LogP contribution in [-0.2, 0) is 22.7 Å². The number of aromatic nitrogens is 1. The van der Waals surface area contributed by atoms with Crippen molar-refractivity contribution in [3.8, 4) is 11.5 Å². The number of hydrogen-bond acceptors (Lipinski definition) is 6. The van der Waals surface area contributed by atoms with Crippen LogP contribution in [0.1, 0.15) is 23.2 Å².